The standard InChI is InChI=1S/C47H55N7/c1-10-33-21-16-18-25-36(33)53-40(52(34-22-14-13-15-23-34)43-42(53)49-31-39(50-43)45(6,7)8)28-29-47(12-3)44-51(32(4)5)38-27-20-30-48-41(38)54(44)37-26-19-17-24-35(37)46(47,9)11-2/h10,13-27,30-32,40,44H,1,11-12,28-29H2,2-9H3. The van der Waals surface area contributed by atoms with E-state index in [-0.39, 0.29) is 34.6 Å². The van der Waals surface area contributed by atoms with Crippen molar-refractivity contribution < 1.29 is 0 Å². The first kappa shape index (κ1) is 35.8. The number of para-hydroxylation sites is 3. The summed E-state index contributed by atoms with van der Waals surface area (Å²) in [6, 6.07) is 33.2. The van der Waals surface area contributed by atoms with Crippen LogP contribution in [0.4, 0.5) is 40.2 Å². The zero-order valence-corrected chi connectivity index (χ0v) is 33.3. The maximum Gasteiger partial charge on any atom is 0.178 e. The third-order valence-corrected chi connectivity index (χ3v) is 12.9. The Bertz CT molecular complexity index is 2170. The van der Waals surface area contributed by atoms with Crippen LogP contribution in [0.1, 0.15) is 97.9 Å². The van der Waals surface area contributed by atoms with Gasteiger partial charge in [-0.3, -0.25) is 0 Å². The van der Waals surface area contributed by atoms with Gasteiger partial charge in [-0.15, -0.1) is 0 Å². The monoisotopic (exact) mass is 717 g/mol. The molecule has 4 unspecified atom stereocenters. The van der Waals surface area contributed by atoms with E-state index in [0.717, 1.165) is 65.8 Å². The quantitative estimate of drug-likeness (QED) is 0.150. The van der Waals surface area contributed by atoms with Crippen LogP contribution in [0.5, 0.6) is 0 Å². The fraction of sp³-hybridized carbons (Fsp3) is 0.383. The fourth-order valence-corrected chi connectivity index (χ4v) is 10.0. The van der Waals surface area contributed by atoms with Gasteiger partial charge in [0.1, 0.15) is 12.3 Å². The molecular formula is C47H55N7. The van der Waals surface area contributed by atoms with Gasteiger partial charge in [0.05, 0.1) is 23.3 Å². The minimum absolute atomic E-state index is 0.0823. The van der Waals surface area contributed by atoms with Gasteiger partial charge in [0.2, 0.25) is 0 Å². The van der Waals surface area contributed by atoms with E-state index in [1.807, 2.05) is 18.5 Å². The zero-order valence-electron chi connectivity index (χ0n) is 33.3. The molecule has 0 radical (unpaired) electrons. The highest BCUT2D eigenvalue weighted by Crippen LogP contribution is 2.65. The Morgan fingerprint density at radius 1 is 0.759 bits per heavy atom. The second kappa shape index (κ2) is 13.3. The van der Waals surface area contributed by atoms with Crippen LogP contribution in [0, 0.1) is 5.41 Å². The van der Waals surface area contributed by atoms with Gasteiger partial charge in [-0.25, -0.2) is 15.0 Å². The Hall–Kier alpha value is -5.17. The van der Waals surface area contributed by atoms with Gasteiger partial charge in [-0.1, -0.05) is 109 Å². The number of aromatic nitrogens is 3. The van der Waals surface area contributed by atoms with Crippen LogP contribution in [0.15, 0.2) is 110 Å². The molecule has 2 aromatic heterocycles. The molecule has 0 bridgehead atoms. The van der Waals surface area contributed by atoms with Crippen molar-refractivity contribution in [2.75, 3.05) is 19.6 Å². The van der Waals surface area contributed by atoms with Crippen LogP contribution in [0.3, 0.4) is 0 Å². The van der Waals surface area contributed by atoms with E-state index in [1.165, 1.54) is 16.9 Å². The lowest BCUT2D eigenvalue weighted by atomic mass is 9.52. The third-order valence-electron chi connectivity index (χ3n) is 12.9. The Labute approximate surface area is 322 Å². The van der Waals surface area contributed by atoms with Crippen molar-refractivity contribution in [3.8, 4) is 0 Å². The molecular weight excluding hydrogens is 663 g/mol. The second-order valence-corrected chi connectivity index (χ2v) is 16.8. The van der Waals surface area contributed by atoms with Crippen molar-refractivity contribution in [2.45, 2.75) is 110 Å². The zero-order chi connectivity index (χ0) is 38.0. The van der Waals surface area contributed by atoms with E-state index in [1.54, 1.807) is 0 Å². The molecule has 3 aliphatic heterocycles. The van der Waals surface area contributed by atoms with Crippen molar-refractivity contribution in [3.05, 3.63) is 127 Å². The van der Waals surface area contributed by atoms with Crippen LogP contribution < -0.4 is 19.6 Å². The van der Waals surface area contributed by atoms with Crippen LogP contribution in [-0.2, 0) is 10.8 Å². The van der Waals surface area contributed by atoms with E-state index in [9.17, 15) is 0 Å². The summed E-state index contributed by atoms with van der Waals surface area (Å²) >= 11 is 0. The molecule has 5 aromatic rings. The molecule has 0 saturated heterocycles. The molecule has 3 aromatic carbocycles. The highest BCUT2D eigenvalue weighted by atomic mass is 15.5. The predicted octanol–water partition coefficient (Wildman–Crippen LogP) is 11.7. The number of benzene rings is 3. The van der Waals surface area contributed by atoms with Gasteiger partial charge in [-0.2, -0.15) is 0 Å². The summed E-state index contributed by atoms with van der Waals surface area (Å²) in [7, 11) is 0. The van der Waals surface area contributed by atoms with Crippen molar-refractivity contribution in [1.82, 2.24) is 15.0 Å². The number of hydrogen-bond acceptors (Lipinski definition) is 7. The molecule has 278 valence electrons. The molecule has 3 aliphatic rings. The molecule has 0 saturated carbocycles. The average molecular weight is 718 g/mol. The average Bonchev–Trinajstić information content (AvgIpc) is 3.71. The topological polar surface area (TPSA) is 51.6 Å². The largest absolute Gasteiger partial charge is 0.345 e. The number of fused-ring (bicyclic) bond motifs is 6. The summed E-state index contributed by atoms with van der Waals surface area (Å²) in [5, 5.41) is 0. The van der Waals surface area contributed by atoms with Gasteiger partial charge >= 0.3 is 0 Å². The molecule has 0 aliphatic carbocycles. The van der Waals surface area contributed by atoms with E-state index < -0.39 is 0 Å². The van der Waals surface area contributed by atoms with Crippen molar-refractivity contribution in [3.63, 3.8) is 0 Å². The van der Waals surface area contributed by atoms with Crippen LogP contribution in [-0.4, -0.2) is 33.3 Å². The smallest absolute Gasteiger partial charge is 0.178 e. The van der Waals surface area contributed by atoms with Crippen molar-refractivity contribution in [1.29, 1.82) is 0 Å². The molecule has 54 heavy (non-hydrogen) atoms. The third kappa shape index (κ3) is 5.18. The van der Waals surface area contributed by atoms with Crippen LogP contribution in [0.25, 0.3) is 6.08 Å². The van der Waals surface area contributed by atoms with Gasteiger partial charge in [0.15, 0.2) is 17.5 Å². The Balaban J connectivity index is 1.35. The molecule has 7 nitrogen and oxygen atoms in total. The Morgan fingerprint density at radius 2 is 1.44 bits per heavy atom. The van der Waals surface area contributed by atoms with E-state index in [4.69, 9.17) is 15.0 Å². The first-order valence-corrected chi connectivity index (χ1v) is 19.8. The maximum atomic E-state index is 5.46. The number of nitrogens with zero attached hydrogens (tertiary/aromatic N) is 7. The summed E-state index contributed by atoms with van der Waals surface area (Å²) < 4.78 is 0. The lowest BCUT2D eigenvalue weighted by Gasteiger charge is -2.61. The number of hydrogen-bond donors (Lipinski definition) is 0. The van der Waals surface area contributed by atoms with Crippen molar-refractivity contribution >= 4 is 46.3 Å². The van der Waals surface area contributed by atoms with Crippen LogP contribution >= 0.6 is 0 Å². The van der Waals surface area contributed by atoms with Gasteiger partial charge in [0.25, 0.3) is 0 Å². The minimum atomic E-state index is -0.167. The summed E-state index contributed by atoms with van der Waals surface area (Å²) in [6.45, 7) is 22.9. The fourth-order valence-electron chi connectivity index (χ4n) is 10.0. The highest BCUT2D eigenvalue weighted by molar-refractivity contribution is 5.87. The summed E-state index contributed by atoms with van der Waals surface area (Å²) in [6.07, 6.45) is 9.75. The van der Waals surface area contributed by atoms with E-state index >= 15 is 0 Å². The summed E-state index contributed by atoms with van der Waals surface area (Å²) in [5.41, 5.74) is 7.72. The van der Waals surface area contributed by atoms with Crippen molar-refractivity contribution in [2.24, 2.45) is 5.41 Å². The van der Waals surface area contributed by atoms with Crippen LogP contribution in [0.2, 0.25) is 0 Å². The molecule has 4 atom stereocenters. The normalized spacial score (nSPS) is 23.0. The SMILES string of the molecule is C=Cc1ccccc1N1c2ncc(C(C)(C)C)nc2N(c2ccccc2)C1CCC1(CC)C2N(c3ccccc3C1(C)CC)c1ncccc1N2C(C)C. The van der Waals surface area contributed by atoms with E-state index in [2.05, 4.69) is 173 Å². The predicted molar refractivity (Wildman–Crippen MR) is 226 cm³/mol. The van der Waals surface area contributed by atoms with E-state index in [0.29, 0.717) is 0 Å². The Morgan fingerprint density at radius 3 is 2.13 bits per heavy atom. The van der Waals surface area contributed by atoms with Gasteiger partial charge in [-0.05, 0) is 87.1 Å². The summed E-state index contributed by atoms with van der Waals surface area (Å²) in [4.78, 5) is 26.0. The number of anilines is 7. The first-order valence-electron chi connectivity index (χ1n) is 19.8. The maximum absolute atomic E-state index is 5.46. The minimum Gasteiger partial charge on any atom is -0.345 e. The molecule has 7 heteroatoms. The lowest BCUT2D eigenvalue weighted by Crippen LogP contribution is -2.65. The lowest BCUT2D eigenvalue weighted by molar-refractivity contribution is 0.0531. The second-order valence-electron chi connectivity index (χ2n) is 16.8. The number of rotatable bonds is 9. The number of pyridine rings is 1. The molecule has 0 fully saturated rings. The summed E-state index contributed by atoms with van der Waals surface area (Å²) in [5.74, 6) is 2.84. The van der Waals surface area contributed by atoms with Gasteiger partial charge in [0, 0.05) is 39.9 Å². The molecule has 5 heterocycles. The van der Waals surface area contributed by atoms with Gasteiger partial charge < -0.3 is 19.6 Å². The highest BCUT2D eigenvalue weighted by Gasteiger charge is 2.63. The molecule has 0 N–H and O–H groups in total. The molecule has 0 spiro atoms. The Kier molecular flexibility index (Phi) is 8.82. The molecule has 8 rings (SSSR count). The molecule has 0 amide bonds. The first-order chi connectivity index (χ1) is 26.0.